The lowest BCUT2D eigenvalue weighted by molar-refractivity contribution is -0.119. The van der Waals surface area contributed by atoms with Crippen molar-refractivity contribution in [2.24, 2.45) is 0 Å². The van der Waals surface area contributed by atoms with Gasteiger partial charge in [-0.2, -0.15) is 0 Å². The zero-order chi connectivity index (χ0) is 19.2. The second kappa shape index (κ2) is 8.90. The van der Waals surface area contributed by atoms with Gasteiger partial charge in [-0.3, -0.25) is 9.36 Å². The summed E-state index contributed by atoms with van der Waals surface area (Å²) in [4.78, 5) is 24.1. The number of nitrogens with one attached hydrogen (secondary N) is 2. The average molecular weight is 385 g/mol. The molecule has 142 valence electrons. The Balaban J connectivity index is 1.59. The van der Waals surface area contributed by atoms with Crippen LogP contribution in [0.15, 0.2) is 52.4 Å². The first kappa shape index (κ1) is 19.2. The highest BCUT2D eigenvalue weighted by molar-refractivity contribution is 7.99. The predicted molar refractivity (Wildman–Crippen MR) is 109 cm³/mol. The first-order valence-corrected chi connectivity index (χ1v) is 10.1. The summed E-state index contributed by atoms with van der Waals surface area (Å²) < 4.78 is 1.59. The number of aromatic amines is 1. The molecule has 0 aliphatic rings. The van der Waals surface area contributed by atoms with Gasteiger partial charge in [-0.25, -0.2) is 9.89 Å². The number of unbranched alkanes of at least 4 members (excludes halogenated alkanes) is 1. The van der Waals surface area contributed by atoms with Crippen LogP contribution in [0.4, 0.5) is 0 Å². The fourth-order valence-corrected chi connectivity index (χ4v) is 3.68. The summed E-state index contributed by atoms with van der Waals surface area (Å²) in [6.07, 6.45) is 1.89. The number of fused-ring (bicyclic) bond motifs is 1. The lowest BCUT2D eigenvalue weighted by atomic mass is 10.0. The molecule has 0 radical (unpaired) electrons. The van der Waals surface area contributed by atoms with E-state index in [1.54, 1.807) is 4.57 Å². The maximum Gasteiger partial charge on any atom is 0.343 e. The number of benzene rings is 2. The topological polar surface area (TPSA) is 79.8 Å². The zero-order valence-corrected chi connectivity index (χ0v) is 16.4. The number of rotatable bonds is 8. The summed E-state index contributed by atoms with van der Waals surface area (Å²) in [5.74, 6) is 0.132. The van der Waals surface area contributed by atoms with Crippen molar-refractivity contribution < 1.29 is 4.79 Å². The van der Waals surface area contributed by atoms with E-state index in [-0.39, 0.29) is 23.4 Å². The SMILES string of the molecule is CCCCn1c(SCC(=O)NC(C)c2ccc3ccccc3c2)n[nH]c1=O. The molecule has 2 aromatic carbocycles. The molecule has 1 unspecified atom stereocenters. The monoisotopic (exact) mass is 384 g/mol. The molecule has 0 bridgehead atoms. The van der Waals surface area contributed by atoms with Crippen molar-refractivity contribution in [3.05, 3.63) is 58.5 Å². The minimum absolute atomic E-state index is 0.0850. The van der Waals surface area contributed by atoms with Gasteiger partial charge in [0.15, 0.2) is 5.16 Å². The van der Waals surface area contributed by atoms with Crippen LogP contribution in [0.1, 0.15) is 38.3 Å². The lowest BCUT2D eigenvalue weighted by Crippen LogP contribution is -2.28. The van der Waals surface area contributed by atoms with Crippen LogP contribution in [0.5, 0.6) is 0 Å². The second-order valence-electron chi connectivity index (χ2n) is 6.50. The Morgan fingerprint density at radius 1 is 1.26 bits per heavy atom. The van der Waals surface area contributed by atoms with Gasteiger partial charge in [-0.15, -0.1) is 5.10 Å². The summed E-state index contributed by atoms with van der Waals surface area (Å²) in [5.41, 5.74) is 0.836. The number of carbonyl (C=O) groups is 1. The Kier molecular flexibility index (Phi) is 6.34. The Hall–Kier alpha value is -2.54. The Bertz CT molecular complexity index is 979. The Labute approximate surface area is 162 Å². The van der Waals surface area contributed by atoms with Crippen LogP contribution in [0, 0.1) is 0 Å². The number of carbonyl (C=O) groups excluding carboxylic acids is 1. The molecule has 6 nitrogen and oxygen atoms in total. The summed E-state index contributed by atoms with van der Waals surface area (Å²) in [6, 6.07) is 14.3. The lowest BCUT2D eigenvalue weighted by Gasteiger charge is -2.15. The molecule has 1 heterocycles. The van der Waals surface area contributed by atoms with E-state index in [1.807, 2.05) is 25.1 Å². The molecule has 0 saturated heterocycles. The molecule has 1 aromatic heterocycles. The highest BCUT2D eigenvalue weighted by Gasteiger charge is 2.14. The van der Waals surface area contributed by atoms with E-state index >= 15 is 0 Å². The maximum atomic E-state index is 12.3. The highest BCUT2D eigenvalue weighted by atomic mass is 32.2. The molecule has 3 rings (SSSR count). The van der Waals surface area contributed by atoms with Crippen LogP contribution in [0.25, 0.3) is 10.8 Å². The predicted octanol–water partition coefficient (Wildman–Crippen LogP) is 3.49. The van der Waals surface area contributed by atoms with Gasteiger partial charge in [0.05, 0.1) is 11.8 Å². The highest BCUT2D eigenvalue weighted by Crippen LogP contribution is 2.21. The fourth-order valence-electron chi connectivity index (χ4n) is 2.90. The number of aromatic nitrogens is 3. The van der Waals surface area contributed by atoms with Gasteiger partial charge in [-0.1, -0.05) is 61.5 Å². The van der Waals surface area contributed by atoms with Crippen LogP contribution in [0.3, 0.4) is 0 Å². The normalized spacial score (nSPS) is 12.2. The first-order chi connectivity index (χ1) is 13.1. The number of thioether (sulfide) groups is 1. The standard InChI is InChI=1S/C20H24N4O2S/c1-3-4-11-24-19(26)22-23-20(24)27-13-18(25)21-14(2)16-10-9-15-7-5-6-8-17(15)12-16/h5-10,12,14H,3-4,11,13H2,1-2H3,(H,21,25)(H,22,26). The quantitative estimate of drug-likeness (QED) is 0.583. The molecule has 7 heteroatoms. The summed E-state index contributed by atoms with van der Waals surface area (Å²) in [5, 5.41) is 12.4. The summed E-state index contributed by atoms with van der Waals surface area (Å²) in [7, 11) is 0. The molecule has 2 N–H and O–H groups in total. The Morgan fingerprint density at radius 2 is 2.04 bits per heavy atom. The minimum atomic E-state index is -0.226. The average Bonchev–Trinajstić information content (AvgIpc) is 3.03. The molecule has 3 aromatic rings. The molecule has 0 saturated carbocycles. The van der Waals surface area contributed by atoms with Gasteiger partial charge >= 0.3 is 5.69 Å². The van der Waals surface area contributed by atoms with Crippen molar-refractivity contribution in [1.29, 1.82) is 0 Å². The molecule has 27 heavy (non-hydrogen) atoms. The summed E-state index contributed by atoms with van der Waals surface area (Å²) >= 11 is 1.27. The van der Waals surface area contributed by atoms with Gasteiger partial charge in [0.1, 0.15) is 0 Å². The van der Waals surface area contributed by atoms with Crippen LogP contribution in [0.2, 0.25) is 0 Å². The van der Waals surface area contributed by atoms with Crippen LogP contribution >= 0.6 is 11.8 Å². The number of hydrogen-bond acceptors (Lipinski definition) is 4. The molecule has 0 fully saturated rings. The van der Waals surface area contributed by atoms with Crippen molar-refractivity contribution in [3.8, 4) is 0 Å². The third-order valence-corrected chi connectivity index (χ3v) is 5.42. The third kappa shape index (κ3) is 4.80. The number of H-pyrrole nitrogens is 1. The number of amides is 1. The number of nitrogens with zero attached hydrogens (tertiary/aromatic N) is 2. The maximum absolute atomic E-state index is 12.3. The first-order valence-electron chi connectivity index (χ1n) is 9.14. The molecule has 1 amide bonds. The molecule has 1 atom stereocenters. The van der Waals surface area contributed by atoms with E-state index in [2.05, 4.69) is 46.7 Å². The van der Waals surface area contributed by atoms with E-state index in [1.165, 1.54) is 17.1 Å². The molecule has 0 spiro atoms. The second-order valence-corrected chi connectivity index (χ2v) is 7.44. The van der Waals surface area contributed by atoms with Crippen molar-refractivity contribution in [1.82, 2.24) is 20.1 Å². The zero-order valence-electron chi connectivity index (χ0n) is 15.6. The van der Waals surface area contributed by atoms with Crippen molar-refractivity contribution >= 4 is 28.4 Å². The number of hydrogen-bond donors (Lipinski definition) is 2. The van der Waals surface area contributed by atoms with Gasteiger partial charge in [0, 0.05) is 6.54 Å². The third-order valence-electron chi connectivity index (χ3n) is 4.44. The van der Waals surface area contributed by atoms with E-state index in [4.69, 9.17) is 0 Å². The Morgan fingerprint density at radius 3 is 2.81 bits per heavy atom. The van der Waals surface area contributed by atoms with E-state index in [0.29, 0.717) is 11.7 Å². The smallest absolute Gasteiger partial charge is 0.343 e. The largest absolute Gasteiger partial charge is 0.349 e. The minimum Gasteiger partial charge on any atom is -0.349 e. The van der Waals surface area contributed by atoms with Crippen LogP contribution in [-0.4, -0.2) is 26.4 Å². The molecular weight excluding hydrogens is 360 g/mol. The van der Waals surface area contributed by atoms with Crippen molar-refractivity contribution in [3.63, 3.8) is 0 Å². The van der Waals surface area contributed by atoms with Crippen molar-refractivity contribution in [2.75, 3.05) is 5.75 Å². The van der Waals surface area contributed by atoms with Crippen LogP contribution in [-0.2, 0) is 11.3 Å². The molecule has 0 aliphatic carbocycles. The van der Waals surface area contributed by atoms with E-state index in [9.17, 15) is 9.59 Å². The van der Waals surface area contributed by atoms with Gasteiger partial charge in [0.25, 0.3) is 0 Å². The molecule has 0 aliphatic heterocycles. The van der Waals surface area contributed by atoms with Crippen molar-refractivity contribution in [2.45, 2.75) is 44.4 Å². The van der Waals surface area contributed by atoms with E-state index in [0.717, 1.165) is 23.8 Å². The van der Waals surface area contributed by atoms with Gasteiger partial charge in [0.2, 0.25) is 5.91 Å². The summed E-state index contributed by atoms with van der Waals surface area (Å²) in [6.45, 7) is 4.65. The van der Waals surface area contributed by atoms with Crippen LogP contribution < -0.4 is 11.0 Å². The van der Waals surface area contributed by atoms with E-state index < -0.39 is 0 Å². The molecular formula is C20H24N4O2S. The van der Waals surface area contributed by atoms with Gasteiger partial charge < -0.3 is 5.32 Å². The van der Waals surface area contributed by atoms with Gasteiger partial charge in [-0.05, 0) is 35.7 Å². The fraction of sp³-hybridized carbons (Fsp3) is 0.350.